The summed E-state index contributed by atoms with van der Waals surface area (Å²) in [6.45, 7) is 1.88. The van der Waals surface area contributed by atoms with Crippen molar-refractivity contribution in [1.82, 2.24) is 9.97 Å². The fourth-order valence-electron chi connectivity index (χ4n) is 2.75. The van der Waals surface area contributed by atoms with Gasteiger partial charge in [0.25, 0.3) is 0 Å². The molecule has 2 aromatic heterocycles. The zero-order chi connectivity index (χ0) is 18.1. The van der Waals surface area contributed by atoms with E-state index in [1.807, 2.05) is 37.3 Å². The van der Waals surface area contributed by atoms with E-state index in [-0.39, 0.29) is 11.5 Å². The molecule has 6 heteroatoms. The number of hydrazone groups is 1. The Bertz CT molecular complexity index is 1160. The molecule has 0 saturated carbocycles. The molecular weight excluding hydrogens is 328 g/mol. The number of phenolic OH excluding ortho intramolecular Hbond substituents is 2. The summed E-state index contributed by atoms with van der Waals surface area (Å²) < 4.78 is 0. The van der Waals surface area contributed by atoms with Crippen LogP contribution in [0.2, 0.25) is 0 Å². The largest absolute Gasteiger partial charge is 0.506 e. The van der Waals surface area contributed by atoms with Crippen LogP contribution in [-0.2, 0) is 0 Å². The van der Waals surface area contributed by atoms with E-state index in [0.717, 1.165) is 16.5 Å². The van der Waals surface area contributed by atoms with E-state index in [0.29, 0.717) is 22.4 Å². The predicted molar refractivity (Wildman–Crippen MR) is 103 cm³/mol. The van der Waals surface area contributed by atoms with Crippen LogP contribution in [0.1, 0.15) is 11.3 Å². The Kier molecular flexibility index (Phi) is 3.85. The standard InChI is InChI=1S/C20H16N4O2/c1-12-5-6-14-7-8-15(20(26)19(14)22-12)11-21-24-17-10-9-13-3-2-4-16(25)18(13)23-17/h2-11,25-26H,1H3,(H,23,24)/b21-11+. The number of hydrogen-bond donors (Lipinski definition) is 3. The van der Waals surface area contributed by atoms with Gasteiger partial charge in [-0.1, -0.05) is 24.3 Å². The highest BCUT2D eigenvalue weighted by atomic mass is 16.3. The van der Waals surface area contributed by atoms with Crippen LogP contribution in [0.15, 0.2) is 59.7 Å². The van der Waals surface area contributed by atoms with Gasteiger partial charge in [0.1, 0.15) is 22.6 Å². The second-order valence-corrected chi connectivity index (χ2v) is 5.94. The van der Waals surface area contributed by atoms with Crippen LogP contribution in [0, 0.1) is 6.92 Å². The molecule has 0 bridgehead atoms. The Labute approximate surface area is 149 Å². The van der Waals surface area contributed by atoms with Crippen LogP contribution in [-0.4, -0.2) is 26.4 Å². The molecule has 0 unspecified atom stereocenters. The third kappa shape index (κ3) is 2.88. The Balaban J connectivity index is 1.62. The molecule has 0 aliphatic heterocycles. The van der Waals surface area contributed by atoms with Gasteiger partial charge in [-0.15, -0.1) is 0 Å². The van der Waals surface area contributed by atoms with Crippen LogP contribution in [0.25, 0.3) is 21.8 Å². The maximum absolute atomic E-state index is 10.4. The first-order valence-corrected chi connectivity index (χ1v) is 8.09. The summed E-state index contributed by atoms with van der Waals surface area (Å²) in [5, 5.41) is 26.1. The smallest absolute Gasteiger partial charge is 0.150 e. The minimum absolute atomic E-state index is 0.0841. The number of hydrogen-bond acceptors (Lipinski definition) is 6. The van der Waals surface area contributed by atoms with Crippen molar-refractivity contribution in [2.75, 3.05) is 5.43 Å². The van der Waals surface area contributed by atoms with Crippen molar-refractivity contribution in [3.63, 3.8) is 0 Å². The lowest BCUT2D eigenvalue weighted by molar-refractivity contribution is 0.479. The first-order valence-electron chi connectivity index (χ1n) is 8.09. The molecule has 2 heterocycles. The number of rotatable bonds is 3. The molecule has 0 radical (unpaired) electrons. The molecular formula is C20H16N4O2. The summed E-state index contributed by atoms with van der Waals surface area (Å²) in [5.41, 5.74) is 5.24. The van der Waals surface area contributed by atoms with E-state index in [9.17, 15) is 10.2 Å². The molecule has 2 aromatic carbocycles. The van der Waals surface area contributed by atoms with Gasteiger partial charge in [-0.05, 0) is 37.3 Å². The monoisotopic (exact) mass is 344 g/mol. The minimum atomic E-state index is 0.0841. The van der Waals surface area contributed by atoms with Crippen molar-refractivity contribution >= 4 is 33.8 Å². The van der Waals surface area contributed by atoms with Crippen molar-refractivity contribution in [2.24, 2.45) is 5.10 Å². The van der Waals surface area contributed by atoms with Gasteiger partial charge in [-0.25, -0.2) is 9.97 Å². The predicted octanol–water partition coefficient (Wildman–Crippen LogP) is 3.95. The Hall–Kier alpha value is -3.67. The van der Waals surface area contributed by atoms with Crippen LogP contribution < -0.4 is 5.43 Å². The van der Waals surface area contributed by atoms with Gasteiger partial charge < -0.3 is 10.2 Å². The quantitative estimate of drug-likeness (QED) is 0.387. The molecule has 0 spiro atoms. The van der Waals surface area contributed by atoms with Crippen LogP contribution in [0.5, 0.6) is 11.5 Å². The third-order valence-corrected chi connectivity index (χ3v) is 4.09. The van der Waals surface area contributed by atoms with Crippen molar-refractivity contribution in [2.45, 2.75) is 6.92 Å². The van der Waals surface area contributed by atoms with Gasteiger partial charge in [0.05, 0.1) is 6.21 Å². The lowest BCUT2D eigenvalue weighted by Gasteiger charge is -2.05. The molecule has 3 N–H and O–H groups in total. The summed E-state index contributed by atoms with van der Waals surface area (Å²) in [6, 6.07) is 16.3. The van der Waals surface area contributed by atoms with Gasteiger partial charge in [0.15, 0.2) is 5.75 Å². The number of aromatic nitrogens is 2. The zero-order valence-electron chi connectivity index (χ0n) is 14.0. The third-order valence-electron chi connectivity index (χ3n) is 4.09. The van der Waals surface area contributed by atoms with Gasteiger partial charge in [0, 0.05) is 22.0 Å². The second kappa shape index (κ2) is 6.33. The number of anilines is 1. The van der Waals surface area contributed by atoms with Crippen molar-refractivity contribution < 1.29 is 10.2 Å². The van der Waals surface area contributed by atoms with E-state index in [4.69, 9.17) is 0 Å². The zero-order valence-corrected chi connectivity index (χ0v) is 14.0. The summed E-state index contributed by atoms with van der Waals surface area (Å²) in [6.07, 6.45) is 1.51. The number of nitrogens with zero attached hydrogens (tertiary/aromatic N) is 3. The number of nitrogens with one attached hydrogen (secondary N) is 1. The average Bonchev–Trinajstić information content (AvgIpc) is 2.65. The van der Waals surface area contributed by atoms with E-state index in [1.165, 1.54) is 6.21 Å². The van der Waals surface area contributed by atoms with E-state index >= 15 is 0 Å². The van der Waals surface area contributed by atoms with E-state index < -0.39 is 0 Å². The maximum Gasteiger partial charge on any atom is 0.150 e. The SMILES string of the molecule is Cc1ccc2ccc(/C=N/Nc3ccc4cccc(O)c4n3)c(O)c2n1. The molecule has 4 rings (SSSR count). The first kappa shape index (κ1) is 15.8. The maximum atomic E-state index is 10.4. The van der Waals surface area contributed by atoms with Crippen molar-refractivity contribution in [3.8, 4) is 11.5 Å². The van der Waals surface area contributed by atoms with Gasteiger partial charge in [0.2, 0.25) is 0 Å². The molecule has 0 aliphatic carbocycles. The number of para-hydroxylation sites is 1. The molecule has 0 saturated heterocycles. The topological polar surface area (TPSA) is 90.6 Å². The fraction of sp³-hybridized carbons (Fsp3) is 0.0500. The molecule has 4 aromatic rings. The van der Waals surface area contributed by atoms with Crippen molar-refractivity contribution in [3.05, 3.63) is 65.9 Å². The molecule has 0 aliphatic rings. The normalized spacial score (nSPS) is 11.4. The number of phenols is 2. The van der Waals surface area contributed by atoms with Crippen LogP contribution >= 0.6 is 0 Å². The molecule has 0 amide bonds. The molecule has 26 heavy (non-hydrogen) atoms. The van der Waals surface area contributed by atoms with Gasteiger partial charge >= 0.3 is 0 Å². The van der Waals surface area contributed by atoms with Gasteiger partial charge in [-0.3, -0.25) is 5.43 Å². The lowest BCUT2D eigenvalue weighted by atomic mass is 10.1. The summed E-state index contributed by atoms with van der Waals surface area (Å²) in [4.78, 5) is 8.71. The summed E-state index contributed by atoms with van der Waals surface area (Å²) in [5.74, 6) is 0.689. The lowest BCUT2D eigenvalue weighted by Crippen LogP contribution is -1.95. The Morgan fingerprint density at radius 2 is 1.65 bits per heavy atom. The molecule has 128 valence electrons. The molecule has 0 atom stereocenters. The number of aromatic hydroxyl groups is 2. The highest BCUT2D eigenvalue weighted by Gasteiger charge is 2.07. The summed E-state index contributed by atoms with van der Waals surface area (Å²) in [7, 11) is 0. The number of pyridine rings is 2. The average molecular weight is 344 g/mol. The van der Waals surface area contributed by atoms with Crippen LogP contribution in [0.4, 0.5) is 5.82 Å². The number of fused-ring (bicyclic) bond motifs is 2. The van der Waals surface area contributed by atoms with E-state index in [2.05, 4.69) is 20.5 Å². The molecule has 6 nitrogen and oxygen atoms in total. The fourth-order valence-corrected chi connectivity index (χ4v) is 2.75. The molecule has 0 fully saturated rings. The van der Waals surface area contributed by atoms with E-state index in [1.54, 1.807) is 24.3 Å². The van der Waals surface area contributed by atoms with Gasteiger partial charge in [-0.2, -0.15) is 5.10 Å². The second-order valence-electron chi connectivity index (χ2n) is 5.94. The highest BCUT2D eigenvalue weighted by Crippen LogP contribution is 2.26. The Morgan fingerprint density at radius 3 is 2.54 bits per heavy atom. The number of benzene rings is 2. The minimum Gasteiger partial charge on any atom is -0.506 e. The number of aryl methyl sites for hydroxylation is 1. The highest BCUT2D eigenvalue weighted by molar-refractivity contribution is 5.95. The van der Waals surface area contributed by atoms with Crippen molar-refractivity contribution in [1.29, 1.82) is 0 Å². The van der Waals surface area contributed by atoms with Crippen LogP contribution in [0.3, 0.4) is 0 Å². The first-order chi connectivity index (χ1) is 12.6. The summed E-state index contributed by atoms with van der Waals surface area (Å²) >= 11 is 0. The Morgan fingerprint density at radius 1 is 0.885 bits per heavy atom.